The van der Waals surface area contributed by atoms with Gasteiger partial charge in [-0.15, -0.1) is 0 Å². The topological polar surface area (TPSA) is 70.2 Å². The van der Waals surface area contributed by atoms with E-state index in [1.807, 2.05) is 4.90 Å². The van der Waals surface area contributed by atoms with E-state index in [4.69, 9.17) is 16.3 Å². The molecule has 2 heterocycles. The normalized spacial score (nSPS) is 20.0. The highest BCUT2D eigenvalue weighted by molar-refractivity contribution is 7.89. The number of hydrogen-bond acceptors (Lipinski definition) is 5. The van der Waals surface area contributed by atoms with Gasteiger partial charge < -0.3 is 14.5 Å². The van der Waals surface area contributed by atoms with E-state index in [0.29, 0.717) is 51.3 Å². The van der Waals surface area contributed by atoms with Crippen LogP contribution in [0.15, 0.2) is 47.4 Å². The minimum atomic E-state index is -3.77. The highest BCUT2D eigenvalue weighted by Gasteiger charge is 2.36. The maximum atomic E-state index is 13.2. The van der Waals surface area contributed by atoms with Crippen molar-refractivity contribution in [3.8, 4) is 5.75 Å². The van der Waals surface area contributed by atoms with Gasteiger partial charge in [-0.3, -0.25) is 4.79 Å². The third kappa shape index (κ3) is 5.10. The van der Waals surface area contributed by atoms with Crippen LogP contribution in [-0.2, 0) is 14.8 Å². The maximum Gasteiger partial charge on any atom is 0.243 e. The summed E-state index contributed by atoms with van der Waals surface area (Å²) in [5, 5.41) is 0.224. The fourth-order valence-electron chi connectivity index (χ4n) is 4.41. The number of sulfonamides is 1. The number of ether oxygens (including phenoxy) is 1. The number of carbonyl (C=O) groups excluding carboxylic acids is 1. The van der Waals surface area contributed by atoms with Crippen molar-refractivity contribution in [2.24, 2.45) is 5.92 Å². The third-order valence-electron chi connectivity index (χ3n) is 6.28. The molecule has 0 unspecified atom stereocenters. The van der Waals surface area contributed by atoms with E-state index in [9.17, 15) is 17.6 Å². The molecule has 1 atom stereocenters. The Morgan fingerprint density at radius 1 is 1.06 bits per heavy atom. The Morgan fingerprint density at radius 3 is 2.39 bits per heavy atom. The molecule has 33 heavy (non-hydrogen) atoms. The van der Waals surface area contributed by atoms with Crippen molar-refractivity contribution in [2.75, 3.05) is 51.3 Å². The molecule has 178 valence electrons. The predicted octanol–water partition coefficient (Wildman–Crippen LogP) is 3.24. The number of rotatable bonds is 5. The molecule has 0 aliphatic carbocycles. The van der Waals surface area contributed by atoms with Crippen molar-refractivity contribution < 1.29 is 22.3 Å². The summed E-state index contributed by atoms with van der Waals surface area (Å²) in [5.41, 5.74) is 0.927. The van der Waals surface area contributed by atoms with Crippen LogP contribution in [0, 0.1) is 11.7 Å². The van der Waals surface area contributed by atoms with Crippen molar-refractivity contribution >= 4 is 33.2 Å². The molecule has 1 amide bonds. The van der Waals surface area contributed by atoms with Gasteiger partial charge in [-0.1, -0.05) is 11.6 Å². The van der Waals surface area contributed by atoms with Crippen LogP contribution in [0.3, 0.4) is 0 Å². The van der Waals surface area contributed by atoms with Crippen LogP contribution in [0.1, 0.15) is 12.8 Å². The van der Waals surface area contributed by atoms with Gasteiger partial charge in [0.1, 0.15) is 11.6 Å². The van der Waals surface area contributed by atoms with Crippen LogP contribution >= 0.6 is 11.6 Å². The number of amides is 1. The first-order chi connectivity index (χ1) is 15.8. The molecule has 0 bridgehead atoms. The highest BCUT2D eigenvalue weighted by Crippen LogP contribution is 2.31. The van der Waals surface area contributed by atoms with Crippen LogP contribution in [0.25, 0.3) is 0 Å². The molecule has 2 fully saturated rings. The number of hydrogen-bond donors (Lipinski definition) is 0. The van der Waals surface area contributed by atoms with E-state index < -0.39 is 10.0 Å². The van der Waals surface area contributed by atoms with E-state index in [-0.39, 0.29) is 34.1 Å². The van der Waals surface area contributed by atoms with Gasteiger partial charge in [0.25, 0.3) is 0 Å². The lowest BCUT2D eigenvalue weighted by molar-refractivity contribution is -0.137. The standard InChI is InChI=1S/C23H27ClFN3O4S/c1-32-22-9-8-20(15-21(22)24)33(30,31)28-10-2-3-17(16-28)23(29)27-13-11-26(12-14-27)19-6-4-18(25)5-7-19/h4-9,15,17H,2-3,10-14,16H2,1H3/t17-/m0/s1. The second-order valence-corrected chi connectivity index (χ2v) is 10.6. The second kappa shape index (κ2) is 9.87. The Bertz CT molecular complexity index is 1110. The monoisotopic (exact) mass is 495 g/mol. The third-order valence-corrected chi connectivity index (χ3v) is 8.43. The molecule has 2 aromatic rings. The number of methoxy groups -OCH3 is 1. The number of halogens is 2. The minimum Gasteiger partial charge on any atom is -0.495 e. The number of piperazine rings is 1. The predicted molar refractivity (Wildman–Crippen MR) is 125 cm³/mol. The largest absolute Gasteiger partial charge is 0.495 e. The number of anilines is 1. The average molecular weight is 496 g/mol. The SMILES string of the molecule is COc1ccc(S(=O)(=O)N2CCC[C@H](C(=O)N3CCN(c4ccc(F)cc4)CC3)C2)cc1Cl. The quantitative estimate of drug-likeness (QED) is 0.637. The highest BCUT2D eigenvalue weighted by atomic mass is 35.5. The molecule has 2 aliphatic rings. The molecular weight excluding hydrogens is 469 g/mol. The first kappa shape index (κ1) is 23.8. The van der Waals surface area contributed by atoms with Crippen LogP contribution in [0.4, 0.5) is 10.1 Å². The summed E-state index contributed by atoms with van der Waals surface area (Å²) in [5.74, 6) is -0.260. The molecule has 0 saturated carbocycles. The summed E-state index contributed by atoms with van der Waals surface area (Å²) in [7, 11) is -2.30. The van der Waals surface area contributed by atoms with Crippen molar-refractivity contribution in [2.45, 2.75) is 17.7 Å². The minimum absolute atomic E-state index is 0.0126. The molecule has 10 heteroatoms. The maximum absolute atomic E-state index is 13.2. The Hall–Kier alpha value is -2.36. The van der Waals surface area contributed by atoms with Crippen molar-refractivity contribution in [1.29, 1.82) is 0 Å². The Labute approximate surface area is 198 Å². The molecule has 0 radical (unpaired) electrons. The summed E-state index contributed by atoms with van der Waals surface area (Å²) in [6, 6.07) is 10.7. The lowest BCUT2D eigenvalue weighted by atomic mass is 9.97. The van der Waals surface area contributed by atoms with Gasteiger partial charge in [0.15, 0.2) is 0 Å². The molecule has 2 aliphatic heterocycles. The van der Waals surface area contributed by atoms with Gasteiger partial charge in [-0.05, 0) is 55.3 Å². The average Bonchev–Trinajstić information content (AvgIpc) is 2.84. The van der Waals surface area contributed by atoms with E-state index in [1.54, 1.807) is 12.1 Å². The zero-order chi connectivity index (χ0) is 23.6. The lowest BCUT2D eigenvalue weighted by Crippen LogP contribution is -2.53. The van der Waals surface area contributed by atoms with Crippen molar-refractivity contribution in [1.82, 2.24) is 9.21 Å². The Morgan fingerprint density at radius 2 is 1.76 bits per heavy atom. The van der Waals surface area contributed by atoms with Gasteiger partial charge in [0.2, 0.25) is 15.9 Å². The van der Waals surface area contributed by atoms with Gasteiger partial charge in [0, 0.05) is 45.0 Å². The molecule has 0 aromatic heterocycles. The molecule has 0 N–H and O–H groups in total. The van der Waals surface area contributed by atoms with E-state index in [2.05, 4.69) is 4.90 Å². The second-order valence-electron chi connectivity index (χ2n) is 8.29. The van der Waals surface area contributed by atoms with Crippen LogP contribution in [0.5, 0.6) is 5.75 Å². The Kier molecular flexibility index (Phi) is 7.11. The smallest absolute Gasteiger partial charge is 0.243 e. The molecule has 2 saturated heterocycles. The van der Waals surface area contributed by atoms with Gasteiger partial charge in [0.05, 0.1) is 22.9 Å². The number of carbonyl (C=O) groups is 1. The summed E-state index contributed by atoms with van der Waals surface area (Å²) in [4.78, 5) is 17.2. The fraction of sp³-hybridized carbons (Fsp3) is 0.435. The summed E-state index contributed by atoms with van der Waals surface area (Å²) >= 11 is 6.13. The summed E-state index contributed by atoms with van der Waals surface area (Å²) in [6.07, 6.45) is 1.28. The molecular formula is C23H27ClFN3O4S. The van der Waals surface area contributed by atoms with E-state index in [1.165, 1.54) is 41.7 Å². The van der Waals surface area contributed by atoms with Crippen LogP contribution in [0.2, 0.25) is 5.02 Å². The number of nitrogens with zero attached hydrogens (tertiary/aromatic N) is 3. The zero-order valence-electron chi connectivity index (χ0n) is 18.4. The van der Waals surface area contributed by atoms with Crippen molar-refractivity contribution in [3.05, 3.63) is 53.3 Å². The lowest BCUT2D eigenvalue weighted by Gasteiger charge is -2.39. The molecule has 7 nitrogen and oxygen atoms in total. The molecule has 4 rings (SSSR count). The Balaban J connectivity index is 1.39. The first-order valence-corrected chi connectivity index (χ1v) is 12.7. The van der Waals surface area contributed by atoms with Gasteiger partial charge >= 0.3 is 0 Å². The van der Waals surface area contributed by atoms with Crippen molar-refractivity contribution in [3.63, 3.8) is 0 Å². The van der Waals surface area contributed by atoms with E-state index in [0.717, 1.165) is 5.69 Å². The summed E-state index contributed by atoms with van der Waals surface area (Å²) in [6.45, 7) is 2.92. The number of benzene rings is 2. The van der Waals surface area contributed by atoms with Gasteiger partial charge in [-0.2, -0.15) is 4.31 Å². The zero-order valence-corrected chi connectivity index (χ0v) is 20.0. The van der Waals surface area contributed by atoms with Crippen LogP contribution in [-0.4, -0.2) is 69.9 Å². The molecule has 2 aromatic carbocycles. The summed E-state index contributed by atoms with van der Waals surface area (Å²) < 4.78 is 46.0. The molecule has 0 spiro atoms. The van der Waals surface area contributed by atoms with Crippen LogP contribution < -0.4 is 9.64 Å². The first-order valence-electron chi connectivity index (χ1n) is 10.9. The number of piperidine rings is 1. The van der Waals surface area contributed by atoms with Gasteiger partial charge in [-0.25, -0.2) is 12.8 Å². The fourth-order valence-corrected chi connectivity index (χ4v) is 6.29. The van der Waals surface area contributed by atoms with E-state index >= 15 is 0 Å².